The second-order valence-electron chi connectivity index (χ2n) is 13.1. The summed E-state index contributed by atoms with van der Waals surface area (Å²) in [6.45, 7) is 5.21. The number of morpholine rings is 1. The Hall–Kier alpha value is -4.21. The van der Waals surface area contributed by atoms with Crippen molar-refractivity contribution in [3.05, 3.63) is 71.3 Å². The van der Waals surface area contributed by atoms with E-state index in [0.717, 1.165) is 89.5 Å². The number of halogens is 1. The van der Waals surface area contributed by atoms with Crippen LogP contribution < -0.4 is 19.3 Å². The first-order valence-electron chi connectivity index (χ1n) is 17.1. The lowest BCUT2D eigenvalue weighted by Gasteiger charge is -2.31. The Morgan fingerprint density at radius 2 is 1.73 bits per heavy atom. The highest BCUT2D eigenvalue weighted by molar-refractivity contribution is 5.99. The highest BCUT2D eigenvalue weighted by Gasteiger charge is 2.30. The van der Waals surface area contributed by atoms with Crippen molar-refractivity contribution >= 4 is 46.6 Å². The molecule has 252 valence electrons. The molecule has 10 heteroatoms. The average Bonchev–Trinajstić information content (AvgIpc) is 3.62. The van der Waals surface area contributed by atoms with Gasteiger partial charge in [0.15, 0.2) is 0 Å². The van der Waals surface area contributed by atoms with Crippen molar-refractivity contribution in [1.82, 2.24) is 4.57 Å². The quantitative estimate of drug-likeness (QED) is 0.219. The van der Waals surface area contributed by atoms with Crippen molar-refractivity contribution < 1.29 is 28.9 Å². The second-order valence-corrected chi connectivity index (χ2v) is 13.1. The predicted octanol–water partition coefficient (Wildman–Crippen LogP) is 7.41. The number of ether oxygens (including phenoxy) is 3. The van der Waals surface area contributed by atoms with Crippen LogP contribution in [0.4, 0.5) is 11.4 Å². The lowest BCUT2D eigenvalue weighted by molar-refractivity contribution is -0.117. The number of amides is 1. The maximum absolute atomic E-state index is 12.6. The van der Waals surface area contributed by atoms with E-state index in [1.54, 1.807) is 6.07 Å². The van der Waals surface area contributed by atoms with E-state index in [-0.39, 0.29) is 18.3 Å². The van der Waals surface area contributed by atoms with Crippen LogP contribution in [-0.4, -0.2) is 61.0 Å². The van der Waals surface area contributed by atoms with Gasteiger partial charge in [-0.15, -0.1) is 12.4 Å². The molecule has 4 heterocycles. The zero-order valence-electron chi connectivity index (χ0n) is 27.1. The summed E-state index contributed by atoms with van der Waals surface area (Å²) in [4.78, 5) is 28.7. The van der Waals surface area contributed by atoms with Crippen molar-refractivity contribution in [3.63, 3.8) is 0 Å². The number of fused-ring (bicyclic) bond motifs is 5. The Bertz CT molecular complexity index is 1840. The molecule has 0 unspecified atom stereocenters. The van der Waals surface area contributed by atoms with Crippen LogP contribution in [0.2, 0.25) is 0 Å². The van der Waals surface area contributed by atoms with Crippen LogP contribution >= 0.6 is 12.4 Å². The number of aromatic carboxylic acids is 1. The third-order valence-corrected chi connectivity index (χ3v) is 10.3. The Kier molecular flexibility index (Phi) is 9.25. The number of carbonyl (C=O) groups excluding carboxylic acids is 1. The van der Waals surface area contributed by atoms with E-state index < -0.39 is 5.97 Å². The summed E-state index contributed by atoms with van der Waals surface area (Å²) in [6.07, 6.45) is 7.43. The molecular weight excluding hydrogens is 630 g/mol. The molecule has 2 saturated heterocycles. The van der Waals surface area contributed by atoms with Gasteiger partial charge >= 0.3 is 5.97 Å². The van der Waals surface area contributed by atoms with E-state index >= 15 is 0 Å². The molecule has 1 N–H and O–H groups in total. The zero-order valence-corrected chi connectivity index (χ0v) is 27.9. The van der Waals surface area contributed by atoms with Crippen LogP contribution in [0, 0.1) is 0 Å². The number of rotatable bonds is 7. The minimum absolute atomic E-state index is 0. The van der Waals surface area contributed by atoms with Gasteiger partial charge in [-0.1, -0.05) is 25.3 Å². The lowest BCUT2D eigenvalue weighted by atomic mass is 9.81. The van der Waals surface area contributed by atoms with Gasteiger partial charge in [-0.2, -0.15) is 0 Å². The van der Waals surface area contributed by atoms with E-state index in [0.29, 0.717) is 50.9 Å². The van der Waals surface area contributed by atoms with Crippen molar-refractivity contribution in [2.75, 3.05) is 49.3 Å². The molecule has 48 heavy (non-hydrogen) atoms. The molecule has 4 aromatic rings. The molecule has 1 aliphatic carbocycles. The molecule has 3 fully saturated rings. The summed E-state index contributed by atoms with van der Waals surface area (Å²) in [5.41, 5.74) is 7.81. The molecule has 3 aliphatic heterocycles. The summed E-state index contributed by atoms with van der Waals surface area (Å²) in [5, 5.41) is 10.9. The first kappa shape index (κ1) is 32.3. The molecule has 0 bridgehead atoms. The average molecular weight is 672 g/mol. The zero-order chi connectivity index (χ0) is 31.9. The number of nitrogens with zero attached hydrogens (tertiary/aromatic N) is 3. The Morgan fingerprint density at radius 3 is 2.50 bits per heavy atom. The van der Waals surface area contributed by atoms with Gasteiger partial charge in [0.2, 0.25) is 5.91 Å². The molecule has 0 atom stereocenters. The highest BCUT2D eigenvalue weighted by Crippen LogP contribution is 2.48. The highest BCUT2D eigenvalue weighted by atomic mass is 35.5. The van der Waals surface area contributed by atoms with Gasteiger partial charge in [0.25, 0.3) is 0 Å². The first-order chi connectivity index (χ1) is 23.0. The topological polar surface area (TPSA) is 93.5 Å². The minimum atomic E-state index is -0.914. The van der Waals surface area contributed by atoms with Gasteiger partial charge in [0.1, 0.15) is 24.7 Å². The lowest BCUT2D eigenvalue weighted by Crippen LogP contribution is -2.37. The summed E-state index contributed by atoms with van der Waals surface area (Å²) < 4.78 is 20.8. The normalized spacial score (nSPS) is 18.1. The van der Waals surface area contributed by atoms with Gasteiger partial charge < -0.3 is 33.7 Å². The number of hydrogen-bond acceptors (Lipinski definition) is 6. The Labute approximate surface area is 286 Å². The second kappa shape index (κ2) is 13.7. The van der Waals surface area contributed by atoms with Crippen molar-refractivity contribution in [1.29, 1.82) is 0 Å². The monoisotopic (exact) mass is 671 g/mol. The van der Waals surface area contributed by atoms with E-state index in [1.807, 2.05) is 29.2 Å². The van der Waals surface area contributed by atoms with Gasteiger partial charge in [-0.05, 0) is 73.2 Å². The summed E-state index contributed by atoms with van der Waals surface area (Å²) in [6, 6.07) is 18.0. The van der Waals surface area contributed by atoms with Crippen LogP contribution in [0.3, 0.4) is 0 Å². The largest absolute Gasteiger partial charge is 0.491 e. The minimum Gasteiger partial charge on any atom is -0.491 e. The molecule has 8 rings (SSSR count). The molecule has 1 aromatic heterocycles. The number of benzene rings is 3. The maximum atomic E-state index is 12.6. The number of anilines is 2. The summed E-state index contributed by atoms with van der Waals surface area (Å²) in [5.74, 6) is 1.18. The summed E-state index contributed by atoms with van der Waals surface area (Å²) >= 11 is 0. The van der Waals surface area contributed by atoms with Crippen LogP contribution in [-0.2, 0) is 22.7 Å². The van der Waals surface area contributed by atoms with E-state index in [1.165, 1.54) is 24.8 Å². The predicted molar refractivity (Wildman–Crippen MR) is 188 cm³/mol. The van der Waals surface area contributed by atoms with Gasteiger partial charge in [-0.25, -0.2) is 4.79 Å². The molecule has 9 nitrogen and oxygen atoms in total. The molecule has 4 aliphatic rings. The molecule has 1 amide bonds. The third kappa shape index (κ3) is 5.98. The molecule has 3 aromatic carbocycles. The van der Waals surface area contributed by atoms with Gasteiger partial charge in [-0.3, -0.25) is 4.79 Å². The van der Waals surface area contributed by atoms with Crippen LogP contribution in [0.15, 0.2) is 54.6 Å². The number of carboxylic acid groups (broad SMARTS) is 1. The number of carboxylic acids is 1. The fourth-order valence-corrected chi connectivity index (χ4v) is 8.04. The van der Waals surface area contributed by atoms with E-state index in [4.69, 9.17) is 14.2 Å². The van der Waals surface area contributed by atoms with Crippen molar-refractivity contribution in [2.45, 2.75) is 64.0 Å². The standard InChI is InChI=1S/C38H41N3O6.ClH/c42-35-7-4-14-40(35)28-9-13-32(39-15-18-45-19-16-39)27(21-28)24-47-29-10-12-31-34(23-29)46-20-17-41-33-22-26(38(43)44)8-11-30(33)36(37(31)41)25-5-2-1-3-6-25;/h8-13,21-23,25H,1-7,14-20,24H2,(H,43,44);1H. The fourth-order valence-electron chi connectivity index (χ4n) is 8.04. The smallest absolute Gasteiger partial charge is 0.335 e. The number of hydrogen-bond donors (Lipinski definition) is 1. The molecular formula is C38H42ClN3O6. The molecule has 0 spiro atoms. The molecule has 0 radical (unpaired) electrons. The molecule has 1 saturated carbocycles. The van der Waals surface area contributed by atoms with Gasteiger partial charge in [0.05, 0.1) is 31.0 Å². The van der Waals surface area contributed by atoms with Crippen LogP contribution in [0.25, 0.3) is 22.2 Å². The first-order valence-corrected chi connectivity index (χ1v) is 17.1. The Morgan fingerprint density at radius 1 is 0.896 bits per heavy atom. The SMILES string of the molecule is Cl.O=C(O)c1ccc2c(C3CCCCC3)c3n(c2c1)CCOc1cc(OCc2cc(N4CCCC4=O)ccc2N2CCOCC2)ccc1-3. The van der Waals surface area contributed by atoms with E-state index in [9.17, 15) is 14.7 Å². The number of aromatic nitrogens is 1. The van der Waals surface area contributed by atoms with Crippen molar-refractivity contribution in [2.24, 2.45) is 0 Å². The fraction of sp³-hybridized carbons (Fsp3) is 0.421. The maximum Gasteiger partial charge on any atom is 0.335 e. The van der Waals surface area contributed by atoms with Crippen LogP contribution in [0.1, 0.15) is 72.3 Å². The third-order valence-electron chi connectivity index (χ3n) is 10.3. The van der Waals surface area contributed by atoms with Gasteiger partial charge in [0, 0.05) is 65.5 Å². The van der Waals surface area contributed by atoms with Crippen LogP contribution in [0.5, 0.6) is 11.5 Å². The van der Waals surface area contributed by atoms with E-state index in [2.05, 4.69) is 33.7 Å². The summed E-state index contributed by atoms with van der Waals surface area (Å²) in [7, 11) is 0. The van der Waals surface area contributed by atoms with Crippen molar-refractivity contribution in [3.8, 4) is 22.8 Å². The Balaban J connectivity index is 0.00000364. The number of carbonyl (C=O) groups is 2.